The Morgan fingerprint density at radius 1 is 1.04 bits per heavy atom. The molecule has 0 saturated heterocycles. The first-order valence-corrected chi connectivity index (χ1v) is 8.42. The number of rotatable bonds is 8. The van der Waals surface area contributed by atoms with Gasteiger partial charge in [0.05, 0.1) is 6.54 Å². The molecule has 0 unspecified atom stereocenters. The summed E-state index contributed by atoms with van der Waals surface area (Å²) in [7, 11) is 0. The Bertz CT molecular complexity index is 661. The summed E-state index contributed by atoms with van der Waals surface area (Å²) in [4.78, 5) is 14.4. The number of nitrogens with two attached hydrogens (primary N) is 1. The van der Waals surface area contributed by atoms with Crippen LogP contribution in [-0.2, 0) is 11.2 Å². The van der Waals surface area contributed by atoms with Crippen LogP contribution in [0.25, 0.3) is 0 Å². The van der Waals surface area contributed by atoms with E-state index < -0.39 is 0 Å². The van der Waals surface area contributed by atoms with Crippen molar-refractivity contribution in [3.63, 3.8) is 0 Å². The molecular weight excluding hydrogens is 334 g/mol. The van der Waals surface area contributed by atoms with Gasteiger partial charge >= 0.3 is 0 Å². The van der Waals surface area contributed by atoms with Crippen molar-refractivity contribution in [2.45, 2.75) is 20.3 Å². The van der Waals surface area contributed by atoms with Gasteiger partial charge in [-0.1, -0.05) is 36.4 Å². The SMILES string of the molecule is Cc1ccc(NC(=O)CN(CCN)CCc2ccccc2)cc1C.Cl. The van der Waals surface area contributed by atoms with Crippen molar-refractivity contribution in [1.82, 2.24) is 4.90 Å². The van der Waals surface area contributed by atoms with Crippen LogP contribution < -0.4 is 11.1 Å². The van der Waals surface area contributed by atoms with Gasteiger partial charge in [0.25, 0.3) is 0 Å². The van der Waals surface area contributed by atoms with Gasteiger partial charge < -0.3 is 11.1 Å². The smallest absolute Gasteiger partial charge is 0.238 e. The largest absolute Gasteiger partial charge is 0.329 e. The summed E-state index contributed by atoms with van der Waals surface area (Å²) in [5.41, 5.74) is 10.2. The molecule has 136 valence electrons. The summed E-state index contributed by atoms with van der Waals surface area (Å²) in [6, 6.07) is 16.3. The van der Waals surface area contributed by atoms with Crippen molar-refractivity contribution < 1.29 is 4.79 Å². The van der Waals surface area contributed by atoms with Gasteiger partial charge in [-0.3, -0.25) is 9.69 Å². The molecule has 0 aliphatic rings. The zero-order valence-corrected chi connectivity index (χ0v) is 15.8. The molecule has 2 aromatic carbocycles. The third-order valence-corrected chi connectivity index (χ3v) is 4.16. The Hall–Kier alpha value is -1.88. The Labute approximate surface area is 156 Å². The van der Waals surface area contributed by atoms with Crippen molar-refractivity contribution in [3.05, 3.63) is 65.2 Å². The van der Waals surface area contributed by atoms with Gasteiger partial charge in [0.2, 0.25) is 5.91 Å². The van der Waals surface area contributed by atoms with E-state index in [0.717, 1.165) is 18.7 Å². The van der Waals surface area contributed by atoms with Crippen LogP contribution in [0.1, 0.15) is 16.7 Å². The molecule has 2 aromatic rings. The lowest BCUT2D eigenvalue weighted by Gasteiger charge is -2.21. The maximum atomic E-state index is 12.3. The molecule has 25 heavy (non-hydrogen) atoms. The first-order valence-electron chi connectivity index (χ1n) is 8.42. The molecule has 0 atom stereocenters. The minimum Gasteiger partial charge on any atom is -0.329 e. The van der Waals surface area contributed by atoms with Crippen molar-refractivity contribution in [3.8, 4) is 0 Å². The van der Waals surface area contributed by atoms with E-state index in [-0.39, 0.29) is 18.3 Å². The lowest BCUT2D eigenvalue weighted by Crippen LogP contribution is -2.38. The van der Waals surface area contributed by atoms with Gasteiger partial charge in [-0.2, -0.15) is 0 Å². The number of hydrogen-bond acceptors (Lipinski definition) is 3. The van der Waals surface area contributed by atoms with Crippen LogP contribution in [-0.4, -0.2) is 37.0 Å². The molecule has 5 heteroatoms. The lowest BCUT2D eigenvalue weighted by atomic mass is 10.1. The van der Waals surface area contributed by atoms with Gasteiger partial charge in [0.15, 0.2) is 0 Å². The predicted molar refractivity (Wildman–Crippen MR) is 107 cm³/mol. The zero-order chi connectivity index (χ0) is 17.4. The fourth-order valence-corrected chi connectivity index (χ4v) is 2.61. The summed E-state index contributed by atoms with van der Waals surface area (Å²) < 4.78 is 0. The highest BCUT2D eigenvalue weighted by Crippen LogP contribution is 2.14. The average Bonchev–Trinajstić information content (AvgIpc) is 2.57. The fraction of sp³-hybridized carbons (Fsp3) is 0.350. The third-order valence-electron chi connectivity index (χ3n) is 4.16. The molecular formula is C20H28ClN3O. The van der Waals surface area contributed by atoms with E-state index in [0.29, 0.717) is 19.6 Å². The molecule has 0 bridgehead atoms. The van der Waals surface area contributed by atoms with E-state index in [1.165, 1.54) is 16.7 Å². The number of benzene rings is 2. The second kappa shape index (κ2) is 10.9. The van der Waals surface area contributed by atoms with E-state index in [1.54, 1.807) is 0 Å². The van der Waals surface area contributed by atoms with E-state index >= 15 is 0 Å². The van der Waals surface area contributed by atoms with Crippen LogP contribution in [0.3, 0.4) is 0 Å². The number of halogens is 1. The summed E-state index contributed by atoms with van der Waals surface area (Å²) in [5.74, 6) is -0.000218. The second-order valence-electron chi connectivity index (χ2n) is 6.15. The molecule has 0 radical (unpaired) electrons. The molecule has 0 spiro atoms. The quantitative estimate of drug-likeness (QED) is 0.759. The normalized spacial score (nSPS) is 10.4. The van der Waals surface area contributed by atoms with Gasteiger partial charge in [0, 0.05) is 25.3 Å². The molecule has 0 aromatic heterocycles. The van der Waals surface area contributed by atoms with Crippen LogP contribution in [0.2, 0.25) is 0 Å². The Morgan fingerprint density at radius 2 is 1.76 bits per heavy atom. The fourth-order valence-electron chi connectivity index (χ4n) is 2.61. The predicted octanol–water partition coefficient (Wildman–Crippen LogP) is 3.17. The summed E-state index contributed by atoms with van der Waals surface area (Å²) in [5, 5.41) is 2.98. The van der Waals surface area contributed by atoms with Crippen LogP contribution in [0.15, 0.2) is 48.5 Å². The highest BCUT2D eigenvalue weighted by atomic mass is 35.5. The van der Waals surface area contributed by atoms with E-state index in [4.69, 9.17) is 5.73 Å². The highest BCUT2D eigenvalue weighted by Gasteiger charge is 2.11. The van der Waals surface area contributed by atoms with Crippen molar-refractivity contribution in [1.29, 1.82) is 0 Å². The van der Waals surface area contributed by atoms with Crippen LogP contribution in [0, 0.1) is 13.8 Å². The van der Waals surface area contributed by atoms with Crippen molar-refractivity contribution in [2.75, 3.05) is 31.5 Å². The number of carbonyl (C=O) groups is 1. The summed E-state index contributed by atoms with van der Waals surface area (Å²) >= 11 is 0. The molecule has 1 amide bonds. The minimum absolute atomic E-state index is 0. The minimum atomic E-state index is -0.000218. The van der Waals surface area contributed by atoms with Crippen LogP contribution in [0.4, 0.5) is 5.69 Å². The number of amides is 1. The Balaban J connectivity index is 0.00000312. The number of hydrogen-bond donors (Lipinski definition) is 2. The maximum absolute atomic E-state index is 12.3. The first kappa shape index (κ1) is 21.2. The average molecular weight is 362 g/mol. The van der Waals surface area contributed by atoms with Gasteiger partial charge in [0.1, 0.15) is 0 Å². The number of nitrogens with one attached hydrogen (secondary N) is 1. The number of aryl methyl sites for hydroxylation is 2. The van der Waals surface area contributed by atoms with Gasteiger partial charge in [-0.15, -0.1) is 12.4 Å². The molecule has 0 aliphatic heterocycles. The van der Waals surface area contributed by atoms with E-state index in [2.05, 4.69) is 29.3 Å². The molecule has 0 fully saturated rings. The zero-order valence-electron chi connectivity index (χ0n) is 15.0. The van der Waals surface area contributed by atoms with Crippen LogP contribution >= 0.6 is 12.4 Å². The number of anilines is 1. The number of carbonyl (C=O) groups excluding carboxylic acids is 1. The van der Waals surface area contributed by atoms with Crippen molar-refractivity contribution >= 4 is 24.0 Å². The van der Waals surface area contributed by atoms with E-state index in [9.17, 15) is 4.79 Å². The molecule has 0 saturated carbocycles. The monoisotopic (exact) mass is 361 g/mol. The third kappa shape index (κ3) is 7.26. The highest BCUT2D eigenvalue weighted by molar-refractivity contribution is 5.92. The maximum Gasteiger partial charge on any atom is 0.238 e. The summed E-state index contributed by atoms with van der Waals surface area (Å²) in [6.45, 7) is 6.55. The molecule has 2 rings (SSSR count). The topological polar surface area (TPSA) is 58.4 Å². The lowest BCUT2D eigenvalue weighted by molar-refractivity contribution is -0.117. The molecule has 0 aliphatic carbocycles. The Kier molecular flexibility index (Phi) is 9.21. The standard InChI is InChI=1S/C20H27N3O.ClH/c1-16-8-9-19(14-17(16)2)22-20(24)15-23(13-11-21)12-10-18-6-4-3-5-7-18;/h3-9,14H,10-13,15,21H2,1-2H3,(H,22,24);1H. The van der Waals surface area contributed by atoms with Gasteiger partial charge in [-0.05, 0) is 49.1 Å². The Morgan fingerprint density at radius 3 is 2.40 bits per heavy atom. The number of nitrogens with zero attached hydrogens (tertiary/aromatic N) is 1. The van der Waals surface area contributed by atoms with Crippen molar-refractivity contribution in [2.24, 2.45) is 5.73 Å². The van der Waals surface area contributed by atoms with Gasteiger partial charge in [-0.25, -0.2) is 0 Å². The second-order valence-corrected chi connectivity index (χ2v) is 6.15. The first-order chi connectivity index (χ1) is 11.6. The molecule has 4 nitrogen and oxygen atoms in total. The van der Waals surface area contributed by atoms with E-state index in [1.807, 2.05) is 43.3 Å². The molecule has 0 heterocycles. The van der Waals surface area contributed by atoms with Crippen LogP contribution in [0.5, 0.6) is 0 Å². The molecule has 3 N–H and O–H groups in total. The summed E-state index contributed by atoms with van der Waals surface area (Å²) in [6.07, 6.45) is 0.914.